The van der Waals surface area contributed by atoms with E-state index in [2.05, 4.69) is 11.8 Å². The Morgan fingerprint density at radius 3 is 2.19 bits per heavy atom. The van der Waals surface area contributed by atoms with Crippen molar-refractivity contribution in [3.63, 3.8) is 0 Å². The van der Waals surface area contributed by atoms with Crippen molar-refractivity contribution in [1.82, 2.24) is 0 Å². The third-order valence-electron chi connectivity index (χ3n) is 3.12. The fourth-order valence-electron chi connectivity index (χ4n) is 2.02. The number of halogens is 3. The third-order valence-corrected chi connectivity index (χ3v) is 5.50. The van der Waals surface area contributed by atoms with Crippen molar-refractivity contribution in [2.45, 2.75) is 19.2 Å². The second-order valence-corrected chi connectivity index (χ2v) is 7.42. The van der Waals surface area contributed by atoms with Crippen LogP contribution in [0.2, 0.25) is 0 Å². The molecular weight excluding hydrogens is 408 g/mol. The Kier molecular flexibility index (Phi) is 7.35. The van der Waals surface area contributed by atoms with Crippen molar-refractivity contribution in [1.29, 1.82) is 0 Å². The maximum atomic E-state index is 13.5. The summed E-state index contributed by atoms with van der Waals surface area (Å²) in [6.07, 6.45) is -6.27. The average Bonchev–Trinajstić information content (AvgIpc) is 2.63. The number of allylic oxidation sites excluding steroid dienone is 1. The van der Waals surface area contributed by atoms with E-state index < -0.39 is 33.0 Å². The van der Waals surface area contributed by atoms with Crippen LogP contribution in [-0.2, 0) is 4.74 Å². The van der Waals surface area contributed by atoms with Crippen molar-refractivity contribution in [3.8, 4) is 11.8 Å². The molecule has 0 aliphatic rings. The van der Waals surface area contributed by atoms with Crippen LogP contribution in [0.15, 0.2) is 70.9 Å². The Hall–Kier alpha value is -2.19. The molecule has 6 heteroatoms. The average molecular weight is 425 g/mol. The number of hydrogen-bond donors (Lipinski definition) is 1. The van der Waals surface area contributed by atoms with E-state index in [9.17, 15) is 18.3 Å². The van der Waals surface area contributed by atoms with Gasteiger partial charge in [0.05, 0.1) is 0 Å². The van der Waals surface area contributed by atoms with E-state index in [0.29, 0.717) is 10.0 Å². The van der Waals surface area contributed by atoms with Crippen LogP contribution >= 0.6 is 0 Å². The van der Waals surface area contributed by atoms with Crippen LogP contribution in [0.5, 0.6) is 0 Å². The number of benzene rings is 2. The molecule has 2 aromatic carbocycles. The first-order valence-electron chi connectivity index (χ1n) is 7.83. The molecule has 136 valence electrons. The molecule has 0 bridgehead atoms. The zero-order valence-electron chi connectivity index (χ0n) is 14.0. The van der Waals surface area contributed by atoms with Gasteiger partial charge in [0, 0.05) is 0 Å². The third kappa shape index (κ3) is 5.96. The van der Waals surface area contributed by atoms with Gasteiger partial charge < -0.3 is 0 Å². The SMILES string of the molecule is CCO/C(=C(/[Se]c1ccccc1)C(O)C#Cc1ccccc1)C(F)(F)F. The Morgan fingerprint density at radius 2 is 1.65 bits per heavy atom. The Morgan fingerprint density at radius 1 is 1.08 bits per heavy atom. The van der Waals surface area contributed by atoms with Gasteiger partial charge in [-0.05, 0) is 0 Å². The Bertz CT molecular complexity index is 791. The first kappa shape index (κ1) is 20.1. The number of ether oxygens (including phenoxy) is 1. The summed E-state index contributed by atoms with van der Waals surface area (Å²) in [7, 11) is 0. The summed E-state index contributed by atoms with van der Waals surface area (Å²) in [5.74, 6) is 4.07. The number of alkyl halides is 3. The quantitative estimate of drug-likeness (QED) is 0.453. The molecule has 0 fully saturated rings. The first-order valence-corrected chi connectivity index (χ1v) is 9.55. The molecule has 0 aliphatic heterocycles. The van der Waals surface area contributed by atoms with Crippen molar-refractivity contribution < 1.29 is 23.0 Å². The Balaban J connectivity index is 2.43. The zero-order chi connectivity index (χ0) is 19.0. The normalized spacial score (nSPS) is 13.3. The zero-order valence-corrected chi connectivity index (χ0v) is 15.7. The van der Waals surface area contributed by atoms with E-state index in [4.69, 9.17) is 4.74 Å². The van der Waals surface area contributed by atoms with Crippen molar-refractivity contribution in [2.24, 2.45) is 0 Å². The van der Waals surface area contributed by atoms with Crippen molar-refractivity contribution in [3.05, 3.63) is 76.5 Å². The van der Waals surface area contributed by atoms with Gasteiger partial charge in [-0.25, -0.2) is 0 Å². The van der Waals surface area contributed by atoms with Crippen molar-refractivity contribution in [2.75, 3.05) is 6.61 Å². The molecule has 0 amide bonds. The monoisotopic (exact) mass is 426 g/mol. The summed E-state index contributed by atoms with van der Waals surface area (Å²) < 4.78 is 45.7. The van der Waals surface area contributed by atoms with Crippen LogP contribution < -0.4 is 4.46 Å². The molecule has 26 heavy (non-hydrogen) atoms. The van der Waals surface area contributed by atoms with E-state index in [1.807, 2.05) is 6.07 Å². The molecular formula is C20H17F3O2Se. The van der Waals surface area contributed by atoms with Crippen LogP contribution in [0.1, 0.15) is 12.5 Å². The van der Waals surface area contributed by atoms with E-state index in [1.54, 1.807) is 54.6 Å². The summed E-state index contributed by atoms with van der Waals surface area (Å²) in [6.45, 7) is 1.32. The van der Waals surface area contributed by atoms with Crippen molar-refractivity contribution >= 4 is 19.4 Å². The summed E-state index contributed by atoms with van der Waals surface area (Å²) in [5, 5.41) is 10.4. The fraction of sp³-hybridized carbons (Fsp3) is 0.200. The van der Waals surface area contributed by atoms with Crippen LogP contribution in [0.3, 0.4) is 0 Å². The van der Waals surface area contributed by atoms with E-state index in [-0.39, 0.29) is 11.1 Å². The molecule has 1 unspecified atom stereocenters. The predicted molar refractivity (Wildman–Crippen MR) is 95.9 cm³/mol. The van der Waals surface area contributed by atoms with Crippen LogP contribution in [0.25, 0.3) is 0 Å². The molecule has 1 N–H and O–H groups in total. The number of aliphatic hydroxyl groups is 1. The number of aliphatic hydroxyl groups excluding tert-OH is 1. The molecule has 2 rings (SSSR count). The molecule has 2 nitrogen and oxygen atoms in total. The van der Waals surface area contributed by atoms with Gasteiger partial charge in [-0.1, -0.05) is 0 Å². The summed E-state index contributed by atoms with van der Waals surface area (Å²) in [6, 6.07) is 17.5. The predicted octanol–water partition coefficient (Wildman–Crippen LogP) is 3.24. The van der Waals surface area contributed by atoms with E-state index >= 15 is 0 Å². The fourth-order valence-corrected chi connectivity index (χ4v) is 4.08. The molecule has 0 aromatic heterocycles. The van der Waals surface area contributed by atoms with Gasteiger partial charge in [0.15, 0.2) is 0 Å². The van der Waals surface area contributed by atoms with Crippen LogP contribution in [0.4, 0.5) is 13.2 Å². The summed E-state index contributed by atoms with van der Waals surface area (Å²) in [4.78, 5) is 0. The van der Waals surface area contributed by atoms with Gasteiger partial charge in [0.25, 0.3) is 0 Å². The summed E-state index contributed by atoms with van der Waals surface area (Å²) >= 11 is -0.786. The molecule has 1 atom stereocenters. The van der Waals surface area contributed by atoms with Gasteiger partial charge in [-0.3, -0.25) is 0 Å². The second kappa shape index (κ2) is 9.49. The molecule has 0 saturated carbocycles. The van der Waals surface area contributed by atoms with Crippen LogP contribution in [0, 0.1) is 11.8 Å². The second-order valence-electron chi connectivity index (χ2n) is 5.08. The Labute approximate surface area is 156 Å². The maximum absolute atomic E-state index is 13.5. The van der Waals surface area contributed by atoms with Gasteiger partial charge >= 0.3 is 157 Å². The van der Waals surface area contributed by atoms with E-state index in [0.717, 1.165) is 0 Å². The van der Waals surface area contributed by atoms with Gasteiger partial charge in [-0.15, -0.1) is 0 Å². The molecule has 0 heterocycles. The standard InChI is InChI=1S/C20H17F3O2Se/c1-2-25-19(20(21,22)23)18(26-16-11-7-4-8-12-16)17(24)14-13-15-9-5-3-6-10-15/h3-12,17,24H,2H2,1H3/b19-18+. The number of rotatable bonds is 5. The molecule has 0 aliphatic carbocycles. The van der Waals surface area contributed by atoms with Gasteiger partial charge in [0.1, 0.15) is 0 Å². The molecule has 0 spiro atoms. The van der Waals surface area contributed by atoms with Crippen LogP contribution in [-0.4, -0.2) is 39.0 Å². The van der Waals surface area contributed by atoms with Gasteiger partial charge in [-0.2, -0.15) is 0 Å². The summed E-state index contributed by atoms with van der Waals surface area (Å²) in [5.41, 5.74) is 0.614. The molecule has 2 aromatic rings. The van der Waals surface area contributed by atoms with Gasteiger partial charge in [0.2, 0.25) is 0 Å². The minimum absolute atomic E-state index is 0.151. The topological polar surface area (TPSA) is 29.5 Å². The molecule has 0 radical (unpaired) electrons. The number of hydrogen-bond acceptors (Lipinski definition) is 2. The minimum atomic E-state index is -4.70. The van der Waals surface area contributed by atoms with E-state index in [1.165, 1.54) is 6.92 Å². The molecule has 0 saturated heterocycles. The first-order chi connectivity index (χ1) is 12.4.